The van der Waals surface area contributed by atoms with Gasteiger partial charge in [-0.3, -0.25) is 14.5 Å². The second-order valence-corrected chi connectivity index (χ2v) is 11.7. The summed E-state index contributed by atoms with van der Waals surface area (Å²) in [6.07, 6.45) is 3.02. The number of anilines is 2. The standard InChI is InChI=1S/C27H38N6O5S/c1-3-38-27(34)25(20-4-8-22(9-5-20)30-39(2,36)37)33-14-12-24(13-15-33)32-18-16-31(17-19-32)23-10-6-21(7-11-23)26(28)29-35/h4-11,24-25,30,35H,3,12-19H2,1-2H3,(H2,28,29). The topological polar surface area (TPSA) is 141 Å². The number of nitrogens with zero attached hydrogens (tertiary/aromatic N) is 4. The van der Waals surface area contributed by atoms with Crippen molar-refractivity contribution >= 4 is 33.2 Å². The summed E-state index contributed by atoms with van der Waals surface area (Å²) in [6, 6.07) is 14.6. The zero-order chi connectivity index (χ0) is 28.0. The molecule has 4 N–H and O–H groups in total. The van der Waals surface area contributed by atoms with Gasteiger partial charge in [0.15, 0.2) is 5.84 Å². The molecule has 0 aliphatic carbocycles. The lowest BCUT2D eigenvalue weighted by atomic mass is 9.97. The molecule has 1 atom stereocenters. The minimum atomic E-state index is -3.37. The van der Waals surface area contributed by atoms with E-state index in [9.17, 15) is 13.2 Å². The third-order valence-electron chi connectivity index (χ3n) is 7.37. The van der Waals surface area contributed by atoms with E-state index in [4.69, 9.17) is 15.7 Å². The molecule has 2 aromatic rings. The molecule has 4 rings (SSSR count). The van der Waals surface area contributed by atoms with E-state index in [1.165, 1.54) is 0 Å². The monoisotopic (exact) mass is 558 g/mol. The molecule has 2 aromatic carbocycles. The minimum Gasteiger partial charge on any atom is -0.465 e. The zero-order valence-corrected chi connectivity index (χ0v) is 23.3. The number of esters is 1. The number of ether oxygens (including phenoxy) is 1. The number of benzene rings is 2. The molecule has 2 saturated heterocycles. The van der Waals surface area contributed by atoms with Gasteiger partial charge in [-0.25, -0.2) is 13.2 Å². The number of oxime groups is 1. The highest BCUT2D eigenvalue weighted by molar-refractivity contribution is 7.92. The third-order valence-corrected chi connectivity index (χ3v) is 7.98. The lowest BCUT2D eigenvalue weighted by molar-refractivity contribution is -0.150. The molecule has 0 aromatic heterocycles. The Hall–Kier alpha value is -3.35. The van der Waals surface area contributed by atoms with E-state index >= 15 is 0 Å². The molecule has 1 unspecified atom stereocenters. The summed E-state index contributed by atoms with van der Waals surface area (Å²) in [4.78, 5) is 20.0. The molecule has 2 fully saturated rings. The Morgan fingerprint density at radius 3 is 2.21 bits per heavy atom. The summed E-state index contributed by atoms with van der Waals surface area (Å²) < 4.78 is 31.0. The number of amidine groups is 1. The summed E-state index contributed by atoms with van der Waals surface area (Å²) >= 11 is 0. The van der Waals surface area contributed by atoms with Crippen molar-refractivity contribution < 1.29 is 23.2 Å². The van der Waals surface area contributed by atoms with Gasteiger partial charge < -0.3 is 20.6 Å². The SMILES string of the molecule is CCOC(=O)C(c1ccc(NS(C)(=O)=O)cc1)N1CCC(N2CCN(c3ccc(/C(N)=N\O)cc3)CC2)CC1. The van der Waals surface area contributed by atoms with Gasteiger partial charge in [-0.2, -0.15) is 0 Å². The van der Waals surface area contributed by atoms with E-state index in [1.807, 2.05) is 24.3 Å². The number of nitrogens with one attached hydrogen (secondary N) is 1. The largest absolute Gasteiger partial charge is 0.465 e. The number of piperazine rings is 1. The summed E-state index contributed by atoms with van der Waals surface area (Å²) in [5.74, 6) is -0.185. The van der Waals surface area contributed by atoms with Gasteiger partial charge in [0.2, 0.25) is 10.0 Å². The van der Waals surface area contributed by atoms with E-state index in [2.05, 4.69) is 24.6 Å². The molecule has 0 saturated carbocycles. The van der Waals surface area contributed by atoms with Gasteiger partial charge in [-0.05, 0) is 61.7 Å². The predicted molar refractivity (Wildman–Crippen MR) is 152 cm³/mol. The van der Waals surface area contributed by atoms with Crippen molar-refractivity contribution in [3.8, 4) is 0 Å². The van der Waals surface area contributed by atoms with Crippen LogP contribution in [0.15, 0.2) is 53.7 Å². The fraction of sp³-hybridized carbons (Fsp3) is 0.481. The number of likely N-dealkylation sites (tertiary alicyclic amines) is 1. The van der Waals surface area contributed by atoms with Gasteiger partial charge in [0.1, 0.15) is 6.04 Å². The molecule has 11 nitrogen and oxygen atoms in total. The van der Waals surface area contributed by atoms with Crippen molar-refractivity contribution in [3.05, 3.63) is 59.7 Å². The number of hydrogen-bond donors (Lipinski definition) is 3. The molecule has 12 heteroatoms. The van der Waals surface area contributed by atoms with Crippen molar-refractivity contribution in [2.45, 2.75) is 31.8 Å². The Morgan fingerprint density at radius 1 is 1.05 bits per heavy atom. The van der Waals surface area contributed by atoms with Crippen LogP contribution in [-0.4, -0.2) is 93.4 Å². The lowest BCUT2D eigenvalue weighted by Gasteiger charge is -2.44. The maximum Gasteiger partial charge on any atom is 0.327 e. The van der Waals surface area contributed by atoms with E-state index in [0.29, 0.717) is 23.9 Å². The first-order valence-corrected chi connectivity index (χ1v) is 15.1. The average Bonchev–Trinajstić information content (AvgIpc) is 2.94. The molecule has 212 valence electrons. The Labute approximate surface area is 230 Å². The number of sulfonamides is 1. The van der Waals surface area contributed by atoms with Crippen LogP contribution in [0.3, 0.4) is 0 Å². The fourth-order valence-corrected chi connectivity index (χ4v) is 5.98. The van der Waals surface area contributed by atoms with Crippen molar-refractivity contribution in [1.29, 1.82) is 0 Å². The quantitative estimate of drug-likeness (QED) is 0.139. The maximum atomic E-state index is 13.0. The summed E-state index contributed by atoms with van der Waals surface area (Å²) in [5.41, 5.74) is 8.73. The predicted octanol–water partition coefficient (Wildman–Crippen LogP) is 2.04. The van der Waals surface area contributed by atoms with Crippen molar-refractivity contribution in [3.63, 3.8) is 0 Å². The summed E-state index contributed by atoms with van der Waals surface area (Å²) in [5, 5.41) is 11.9. The van der Waals surface area contributed by atoms with Crippen LogP contribution >= 0.6 is 0 Å². The third kappa shape index (κ3) is 7.40. The lowest BCUT2D eigenvalue weighted by Crippen LogP contribution is -2.54. The first-order chi connectivity index (χ1) is 18.7. The van der Waals surface area contributed by atoms with Crippen LogP contribution < -0.4 is 15.4 Å². The molecule has 2 aliphatic rings. The van der Waals surface area contributed by atoms with Crippen LogP contribution in [0.25, 0.3) is 0 Å². The molecule has 0 radical (unpaired) electrons. The first-order valence-electron chi connectivity index (χ1n) is 13.2. The summed E-state index contributed by atoms with van der Waals surface area (Å²) in [7, 11) is -3.37. The number of rotatable bonds is 9. The summed E-state index contributed by atoms with van der Waals surface area (Å²) in [6.45, 7) is 7.40. The fourth-order valence-electron chi connectivity index (χ4n) is 5.42. The maximum absolute atomic E-state index is 13.0. The Kier molecular flexibility index (Phi) is 9.31. The number of piperidine rings is 1. The van der Waals surface area contributed by atoms with Crippen LogP contribution in [0.1, 0.15) is 36.9 Å². The highest BCUT2D eigenvalue weighted by atomic mass is 32.2. The van der Waals surface area contributed by atoms with Crippen LogP contribution in [0, 0.1) is 0 Å². The number of carbonyl (C=O) groups is 1. The molecular formula is C27H38N6O5S. The van der Waals surface area contributed by atoms with Crippen molar-refractivity contribution in [2.24, 2.45) is 10.9 Å². The second kappa shape index (κ2) is 12.7. The van der Waals surface area contributed by atoms with Crippen molar-refractivity contribution in [2.75, 3.05) is 61.8 Å². The van der Waals surface area contributed by atoms with Crippen molar-refractivity contribution in [1.82, 2.24) is 9.80 Å². The van der Waals surface area contributed by atoms with Gasteiger partial charge in [0.05, 0.1) is 12.9 Å². The van der Waals surface area contributed by atoms with Gasteiger partial charge in [-0.15, -0.1) is 0 Å². The molecule has 0 spiro atoms. The Morgan fingerprint density at radius 2 is 1.67 bits per heavy atom. The molecule has 2 aliphatic heterocycles. The normalized spacial score (nSPS) is 19.0. The zero-order valence-electron chi connectivity index (χ0n) is 22.5. The molecule has 0 amide bonds. The molecular weight excluding hydrogens is 520 g/mol. The Balaban J connectivity index is 1.34. The van der Waals surface area contributed by atoms with Gasteiger partial charge >= 0.3 is 5.97 Å². The van der Waals surface area contributed by atoms with Gasteiger partial charge in [0, 0.05) is 62.2 Å². The van der Waals surface area contributed by atoms with E-state index in [0.717, 1.165) is 69.6 Å². The first kappa shape index (κ1) is 28.7. The van der Waals surface area contributed by atoms with E-state index in [-0.39, 0.29) is 11.8 Å². The van der Waals surface area contributed by atoms with E-state index < -0.39 is 16.1 Å². The van der Waals surface area contributed by atoms with Crippen LogP contribution in [0.4, 0.5) is 11.4 Å². The number of carbonyl (C=O) groups excluding carboxylic acids is 1. The highest BCUT2D eigenvalue weighted by Crippen LogP contribution is 2.29. The number of hydrogen-bond acceptors (Lipinski definition) is 9. The number of nitrogens with two attached hydrogens (primary N) is 1. The smallest absolute Gasteiger partial charge is 0.327 e. The van der Waals surface area contributed by atoms with Crippen LogP contribution in [0.2, 0.25) is 0 Å². The Bertz CT molecular complexity index is 1240. The minimum absolute atomic E-state index is 0.101. The highest BCUT2D eigenvalue weighted by Gasteiger charge is 2.34. The molecule has 0 bridgehead atoms. The molecule has 2 heterocycles. The van der Waals surface area contributed by atoms with Crippen LogP contribution in [0.5, 0.6) is 0 Å². The van der Waals surface area contributed by atoms with E-state index in [1.54, 1.807) is 31.2 Å². The second-order valence-electron chi connectivity index (χ2n) is 9.97. The molecule has 39 heavy (non-hydrogen) atoms. The average molecular weight is 559 g/mol. The van der Waals surface area contributed by atoms with Crippen LogP contribution in [-0.2, 0) is 19.6 Å². The van der Waals surface area contributed by atoms with Gasteiger partial charge in [0.25, 0.3) is 0 Å². The van der Waals surface area contributed by atoms with Gasteiger partial charge in [-0.1, -0.05) is 17.3 Å².